The van der Waals surface area contributed by atoms with Crippen molar-refractivity contribution in [2.75, 3.05) is 4.90 Å². The molecule has 0 N–H and O–H groups in total. The van der Waals surface area contributed by atoms with Gasteiger partial charge < -0.3 is 4.90 Å². The van der Waals surface area contributed by atoms with Gasteiger partial charge >= 0.3 is 0 Å². The standard InChI is InChI=1S/C29H21NOS2/c31-19-24-13-16-27(32-24)20-11-14-28-25(17-20)26-18-23(12-15-29(26)33-28)30(21-7-3-1-4-8-21)22-9-5-2-6-10-22/h1-15,17-19,27H,16H2. The summed E-state index contributed by atoms with van der Waals surface area (Å²) in [6, 6.07) is 34.6. The average molecular weight is 464 g/mol. The zero-order chi connectivity index (χ0) is 22.2. The van der Waals surface area contributed by atoms with Gasteiger partial charge in [0.1, 0.15) is 0 Å². The highest BCUT2D eigenvalue weighted by Crippen LogP contribution is 2.45. The molecule has 33 heavy (non-hydrogen) atoms. The number of allylic oxidation sites excluding steroid dienone is 2. The summed E-state index contributed by atoms with van der Waals surface area (Å²) in [5.41, 5.74) is 4.70. The number of carbonyl (C=O) groups excluding carboxylic acids is 1. The smallest absolute Gasteiger partial charge is 0.156 e. The van der Waals surface area contributed by atoms with Crippen LogP contribution in [0.1, 0.15) is 17.2 Å². The van der Waals surface area contributed by atoms with E-state index in [9.17, 15) is 4.79 Å². The Labute approximate surface area is 201 Å². The predicted molar refractivity (Wildman–Crippen MR) is 143 cm³/mol. The van der Waals surface area contributed by atoms with E-state index in [2.05, 4.69) is 102 Å². The number of aldehydes is 1. The van der Waals surface area contributed by atoms with Crippen LogP contribution in [0.25, 0.3) is 20.2 Å². The largest absolute Gasteiger partial charge is 0.310 e. The van der Waals surface area contributed by atoms with E-state index in [0.29, 0.717) is 5.25 Å². The van der Waals surface area contributed by atoms with Gasteiger partial charge in [-0.25, -0.2) is 0 Å². The number of anilines is 3. The Bertz CT molecular complexity index is 1450. The third kappa shape index (κ3) is 3.75. The molecule has 0 saturated heterocycles. The van der Waals surface area contributed by atoms with Crippen molar-refractivity contribution in [3.05, 3.63) is 114 Å². The number of fused-ring (bicyclic) bond motifs is 3. The first-order chi connectivity index (χ1) is 16.3. The number of hydrogen-bond acceptors (Lipinski definition) is 4. The Kier molecular flexibility index (Phi) is 5.25. The fourth-order valence-corrected chi connectivity index (χ4v) is 6.61. The first-order valence-corrected chi connectivity index (χ1v) is 12.7. The highest BCUT2D eigenvalue weighted by Gasteiger charge is 2.20. The molecule has 1 unspecified atom stereocenters. The normalized spacial score (nSPS) is 15.6. The molecule has 0 radical (unpaired) electrons. The summed E-state index contributed by atoms with van der Waals surface area (Å²) >= 11 is 3.51. The molecule has 4 aromatic carbocycles. The van der Waals surface area contributed by atoms with E-state index in [0.717, 1.165) is 34.7 Å². The molecular weight excluding hydrogens is 442 g/mol. The van der Waals surface area contributed by atoms with Gasteiger partial charge in [0.05, 0.1) is 0 Å². The van der Waals surface area contributed by atoms with Gasteiger partial charge in [0.25, 0.3) is 0 Å². The molecule has 1 aromatic heterocycles. The zero-order valence-electron chi connectivity index (χ0n) is 17.8. The molecule has 1 aliphatic rings. The fraction of sp³-hybridized carbons (Fsp3) is 0.0690. The average Bonchev–Trinajstić information content (AvgIpc) is 3.50. The Hall–Kier alpha value is -3.34. The molecule has 5 aromatic rings. The van der Waals surface area contributed by atoms with Gasteiger partial charge in [-0.15, -0.1) is 23.1 Å². The van der Waals surface area contributed by atoms with Crippen molar-refractivity contribution >= 4 is 66.6 Å². The quantitative estimate of drug-likeness (QED) is 0.243. The van der Waals surface area contributed by atoms with Crippen molar-refractivity contribution in [2.45, 2.75) is 11.7 Å². The summed E-state index contributed by atoms with van der Waals surface area (Å²) in [7, 11) is 0. The molecule has 0 spiro atoms. The molecule has 0 aliphatic carbocycles. The molecule has 2 heterocycles. The lowest BCUT2D eigenvalue weighted by Gasteiger charge is -2.25. The van der Waals surface area contributed by atoms with E-state index in [1.54, 1.807) is 11.8 Å². The van der Waals surface area contributed by atoms with E-state index in [1.807, 2.05) is 17.4 Å². The Morgan fingerprint density at radius 3 is 2.00 bits per heavy atom. The van der Waals surface area contributed by atoms with Crippen molar-refractivity contribution in [3.63, 3.8) is 0 Å². The van der Waals surface area contributed by atoms with Crippen LogP contribution < -0.4 is 4.90 Å². The molecule has 1 aliphatic heterocycles. The molecule has 2 nitrogen and oxygen atoms in total. The van der Waals surface area contributed by atoms with Crippen molar-refractivity contribution in [1.82, 2.24) is 0 Å². The molecule has 0 saturated carbocycles. The SMILES string of the molecule is O=CC1=CCC(c2ccc3sc4ccc(N(c5ccccc5)c5ccccc5)cc4c3c2)S1. The number of nitrogens with zero attached hydrogens (tertiary/aromatic N) is 1. The first-order valence-electron chi connectivity index (χ1n) is 11.0. The van der Waals surface area contributed by atoms with E-state index >= 15 is 0 Å². The van der Waals surface area contributed by atoms with Crippen LogP contribution in [0.3, 0.4) is 0 Å². The minimum Gasteiger partial charge on any atom is -0.310 e. The summed E-state index contributed by atoms with van der Waals surface area (Å²) in [6.45, 7) is 0. The van der Waals surface area contributed by atoms with Crippen LogP contribution in [-0.2, 0) is 4.79 Å². The molecule has 6 rings (SSSR count). The van der Waals surface area contributed by atoms with Gasteiger partial charge in [-0.05, 0) is 66.6 Å². The number of rotatable bonds is 5. The van der Waals surface area contributed by atoms with Crippen LogP contribution in [-0.4, -0.2) is 6.29 Å². The Balaban J connectivity index is 1.48. The predicted octanol–water partition coefficient (Wildman–Crippen LogP) is 8.79. The maximum absolute atomic E-state index is 11.2. The molecule has 0 bridgehead atoms. The third-order valence-electron chi connectivity index (χ3n) is 6.06. The number of thiophene rings is 1. The summed E-state index contributed by atoms with van der Waals surface area (Å²) in [5, 5.41) is 2.88. The minimum absolute atomic E-state index is 0.317. The Morgan fingerprint density at radius 2 is 1.36 bits per heavy atom. The number of para-hydroxylation sites is 2. The molecule has 4 heteroatoms. The van der Waals surface area contributed by atoms with Crippen LogP contribution in [0.5, 0.6) is 0 Å². The highest BCUT2D eigenvalue weighted by atomic mass is 32.2. The summed E-state index contributed by atoms with van der Waals surface area (Å²) < 4.78 is 2.58. The highest BCUT2D eigenvalue weighted by molar-refractivity contribution is 8.04. The van der Waals surface area contributed by atoms with Crippen molar-refractivity contribution in [3.8, 4) is 0 Å². The van der Waals surface area contributed by atoms with Gasteiger partial charge in [0, 0.05) is 47.4 Å². The Morgan fingerprint density at radius 1 is 0.727 bits per heavy atom. The number of benzene rings is 4. The van der Waals surface area contributed by atoms with E-state index in [-0.39, 0.29) is 0 Å². The molecule has 0 amide bonds. The van der Waals surface area contributed by atoms with Crippen LogP contribution in [0.2, 0.25) is 0 Å². The second-order valence-corrected chi connectivity index (χ2v) is 10.5. The van der Waals surface area contributed by atoms with Crippen LogP contribution in [0.15, 0.2) is 108 Å². The fourth-order valence-electron chi connectivity index (χ4n) is 4.49. The van der Waals surface area contributed by atoms with E-state index < -0.39 is 0 Å². The van der Waals surface area contributed by atoms with Crippen LogP contribution in [0.4, 0.5) is 17.1 Å². The summed E-state index contributed by atoms with van der Waals surface area (Å²) in [6.07, 6.45) is 3.93. The lowest BCUT2D eigenvalue weighted by atomic mass is 10.0. The van der Waals surface area contributed by atoms with Crippen molar-refractivity contribution in [2.24, 2.45) is 0 Å². The van der Waals surface area contributed by atoms with Gasteiger partial charge in [0.15, 0.2) is 6.29 Å². The number of carbonyl (C=O) groups is 1. The summed E-state index contributed by atoms with van der Waals surface area (Å²) in [5.74, 6) is 0. The lowest BCUT2D eigenvalue weighted by Crippen LogP contribution is -2.09. The topological polar surface area (TPSA) is 20.3 Å². The zero-order valence-corrected chi connectivity index (χ0v) is 19.5. The minimum atomic E-state index is 0.317. The van der Waals surface area contributed by atoms with E-state index in [4.69, 9.17) is 0 Å². The van der Waals surface area contributed by atoms with Crippen molar-refractivity contribution < 1.29 is 4.79 Å². The number of thioether (sulfide) groups is 1. The van der Waals surface area contributed by atoms with Gasteiger partial charge in [0.2, 0.25) is 0 Å². The van der Waals surface area contributed by atoms with Crippen LogP contribution >= 0.6 is 23.1 Å². The maximum Gasteiger partial charge on any atom is 0.156 e. The molecular formula is C29H21NOS2. The summed E-state index contributed by atoms with van der Waals surface area (Å²) in [4.78, 5) is 14.3. The second-order valence-electron chi connectivity index (χ2n) is 8.11. The molecule has 1 atom stereocenters. The number of hydrogen-bond donors (Lipinski definition) is 0. The maximum atomic E-state index is 11.2. The second kappa shape index (κ2) is 8.54. The molecule has 160 valence electrons. The third-order valence-corrected chi connectivity index (χ3v) is 8.50. The monoisotopic (exact) mass is 463 g/mol. The van der Waals surface area contributed by atoms with E-state index in [1.165, 1.54) is 25.7 Å². The van der Waals surface area contributed by atoms with Gasteiger partial charge in [-0.3, -0.25) is 4.79 Å². The first kappa shape index (κ1) is 20.3. The molecule has 0 fully saturated rings. The van der Waals surface area contributed by atoms with Crippen molar-refractivity contribution in [1.29, 1.82) is 0 Å². The lowest BCUT2D eigenvalue weighted by molar-refractivity contribution is -0.104. The van der Waals surface area contributed by atoms with Gasteiger partial charge in [-0.2, -0.15) is 0 Å². The van der Waals surface area contributed by atoms with Gasteiger partial charge in [-0.1, -0.05) is 48.5 Å². The van der Waals surface area contributed by atoms with Crippen LogP contribution in [0, 0.1) is 0 Å².